The van der Waals surface area contributed by atoms with E-state index in [4.69, 9.17) is 0 Å². The molecular weight excluding hydrogens is 278 g/mol. The first-order chi connectivity index (χ1) is 9.92. The largest absolute Gasteiger partial charge is 0.345 e. The van der Waals surface area contributed by atoms with Gasteiger partial charge in [0.15, 0.2) is 0 Å². The lowest BCUT2D eigenvalue weighted by atomic mass is 9.89. The van der Waals surface area contributed by atoms with Gasteiger partial charge in [-0.25, -0.2) is 8.78 Å². The molecule has 6 heteroatoms. The summed E-state index contributed by atoms with van der Waals surface area (Å²) in [6.07, 6.45) is 1.72. The molecule has 3 rings (SSSR count). The average Bonchev–Trinajstić information content (AvgIpc) is 3.28. The molecule has 1 atom stereocenters. The molecule has 1 heterocycles. The third-order valence-electron chi connectivity index (χ3n) is 4.43. The number of carbonyl (C=O) groups is 2. The third-order valence-corrected chi connectivity index (χ3v) is 4.43. The van der Waals surface area contributed by atoms with Crippen molar-refractivity contribution in [1.29, 1.82) is 0 Å². The highest BCUT2D eigenvalue weighted by Gasteiger charge is 2.54. The summed E-state index contributed by atoms with van der Waals surface area (Å²) in [6, 6.07) is 3.14. The Balaban J connectivity index is 1.95. The molecule has 0 aromatic heterocycles. The molecule has 1 saturated heterocycles. The second kappa shape index (κ2) is 4.79. The standard InChI is InChI=1S/C15H16F2N2O2/c1-15(10-2-3-10)14(21)18-7-13(20)19(15)8-9-6-11(16)4-5-12(9)17/h4-6,10H,2-3,7-8H2,1H3,(H,18,21). The minimum absolute atomic E-state index is 0.0818. The second-order valence-electron chi connectivity index (χ2n) is 5.82. The smallest absolute Gasteiger partial charge is 0.246 e. The molecule has 0 bridgehead atoms. The van der Waals surface area contributed by atoms with Crippen molar-refractivity contribution in [3.63, 3.8) is 0 Å². The number of rotatable bonds is 3. The van der Waals surface area contributed by atoms with E-state index in [-0.39, 0.29) is 36.4 Å². The molecule has 1 aromatic rings. The van der Waals surface area contributed by atoms with Crippen LogP contribution in [0.5, 0.6) is 0 Å². The van der Waals surface area contributed by atoms with E-state index in [0.29, 0.717) is 0 Å². The minimum atomic E-state index is -0.978. The summed E-state index contributed by atoms with van der Waals surface area (Å²) >= 11 is 0. The van der Waals surface area contributed by atoms with Gasteiger partial charge in [0.1, 0.15) is 17.2 Å². The van der Waals surface area contributed by atoms with E-state index in [0.717, 1.165) is 31.0 Å². The number of hydrogen-bond donors (Lipinski definition) is 1. The molecule has 1 saturated carbocycles. The number of amides is 2. The highest BCUT2D eigenvalue weighted by molar-refractivity contribution is 5.98. The van der Waals surface area contributed by atoms with Crippen LogP contribution in [-0.4, -0.2) is 28.8 Å². The van der Waals surface area contributed by atoms with Gasteiger partial charge < -0.3 is 10.2 Å². The van der Waals surface area contributed by atoms with Gasteiger partial charge in [0, 0.05) is 12.1 Å². The van der Waals surface area contributed by atoms with Crippen molar-refractivity contribution < 1.29 is 18.4 Å². The van der Waals surface area contributed by atoms with Crippen LogP contribution in [0, 0.1) is 17.6 Å². The number of halogens is 2. The Kier molecular flexibility index (Phi) is 3.19. The predicted molar refractivity (Wildman–Crippen MR) is 71.0 cm³/mol. The van der Waals surface area contributed by atoms with Gasteiger partial charge in [-0.15, -0.1) is 0 Å². The van der Waals surface area contributed by atoms with Gasteiger partial charge in [-0.2, -0.15) is 0 Å². The van der Waals surface area contributed by atoms with Gasteiger partial charge in [-0.3, -0.25) is 9.59 Å². The number of piperazine rings is 1. The van der Waals surface area contributed by atoms with Crippen molar-refractivity contribution in [1.82, 2.24) is 10.2 Å². The summed E-state index contributed by atoms with van der Waals surface area (Å²) in [5, 5.41) is 2.59. The summed E-state index contributed by atoms with van der Waals surface area (Å²) in [6.45, 7) is 1.51. The first kappa shape index (κ1) is 14.0. The van der Waals surface area contributed by atoms with Crippen molar-refractivity contribution in [2.75, 3.05) is 6.54 Å². The van der Waals surface area contributed by atoms with Crippen molar-refractivity contribution in [2.45, 2.75) is 31.8 Å². The Morgan fingerprint density at radius 1 is 1.33 bits per heavy atom. The summed E-state index contributed by atoms with van der Waals surface area (Å²) in [4.78, 5) is 25.8. The second-order valence-corrected chi connectivity index (χ2v) is 5.82. The lowest BCUT2D eigenvalue weighted by Gasteiger charge is -2.44. The molecular formula is C15H16F2N2O2. The minimum Gasteiger partial charge on any atom is -0.345 e. The Morgan fingerprint density at radius 3 is 2.71 bits per heavy atom. The highest BCUT2D eigenvalue weighted by atomic mass is 19.1. The fraction of sp³-hybridized carbons (Fsp3) is 0.467. The quantitative estimate of drug-likeness (QED) is 0.920. The maximum atomic E-state index is 13.8. The van der Waals surface area contributed by atoms with Crippen LogP contribution in [0.3, 0.4) is 0 Å². The van der Waals surface area contributed by atoms with E-state index in [2.05, 4.69) is 5.32 Å². The summed E-state index contributed by atoms with van der Waals surface area (Å²) in [5.41, 5.74) is -0.890. The summed E-state index contributed by atoms with van der Waals surface area (Å²) in [5.74, 6) is -1.55. The highest BCUT2D eigenvalue weighted by Crippen LogP contribution is 2.44. The van der Waals surface area contributed by atoms with E-state index in [1.807, 2.05) is 0 Å². The fourth-order valence-electron chi connectivity index (χ4n) is 2.95. The van der Waals surface area contributed by atoms with Gasteiger partial charge in [0.05, 0.1) is 6.54 Å². The van der Waals surface area contributed by atoms with E-state index >= 15 is 0 Å². The van der Waals surface area contributed by atoms with Crippen LogP contribution in [0.15, 0.2) is 18.2 Å². The molecule has 1 aliphatic carbocycles. The van der Waals surface area contributed by atoms with Gasteiger partial charge in [0.2, 0.25) is 11.8 Å². The summed E-state index contributed by atoms with van der Waals surface area (Å²) < 4.78 is 27.1. The van der Waals surface area contributed by atoms with Crippen LogP contribution < -0.4 is 5.32 Å². The Morgan fingerprint density at radius 2 is 2.05 bits per heavy atom. The zero-order valence-corrected chi connectivity index (χ0v) is 11.7. The monoisotopic (exact) mass is 294 g/mol. The molecule has 112 valence electrons. The Labute approximate surface area is 121 Å². The van der Waals surface area contributed by atoms with E-state index in [9.17, 15) is 18.4 Å². The molecule has 2 amide bonds. The zero-order valence-electron chi connectivity index (χ0n) is 11.7. The van der Waals surface area contributed by atoms with Crippen molar-refractivity contribution in [3.8, 4) is 0 Å². The lowest BCUT2D eigenvalue weighted by Crippen LogP contribution is -2.66. The van der Waals surface area contributed by atoms with Gasteiger partial charge >= 0.3 is 0 Å². The molecule has 2 aliphatic rings. The maximum absolute atomic E-state index is 13.8. The molecule has 21 heavy (non-hydrogen) atoms. The van der Waals surface area contributed by atoms with Crippen LogP contribution in [-0.2, 0) is 16.1 Å². The molecule has 1 unspecified atom stereocenters. The SMILES string of the molecule is CC1(C2CC2)C(=O)NCC(=O)N1Cc1cc(F)ccc1F. The molecule has 2 fully saturated rings. The number of nitrogens with zero attached hydrogens (tertiary/aromatic N) is 1. The average molecular weight is 294 g/mol. The van der Waals surface area contributed by atoms with Gasteiger partial charge in [0.25, 0.3) is 0 Å². The maximum Gasteiger partial charge on any atom is 0.246 e. The normalized spacial score (nSPS) is 26.0. The molecule has 0 spiro atoms. The van der Waals surface area contributed by atoms with Gasteiger partial charge in [-0.1, -0.05) is 0 Å². The third kappa shape index (κ3) is 2.28. The molecule has 4 nitrogen and oxygen atoms in total. The van der Waals surface area contributed by atoms with E-state index in [1.165, 1.54) is 4.90 Å². The Bertz CT molecular complexity index is 616. The first-order valence-electron chi connectivity index (χ1n) is 6.95. The summed E-state index contributed by atoms with van der Waals surface area (Å²) in [7, 11) is 0. The number of carbonyl (C=O) groups excluding carboxylic acids is 2. The van der Waals surface area contributed by atoms with Crippen LogP contribution in [0.25, 0.3) is 0 Å². The number of benzene rings is 1. The van der Waals surface area contributed by atoms with Crippen molar-refractivity contribution in [3.05, 3.63) is 35.4 Å². The number of nitrogens with one attached hydrogen (secondary N) is 1. The lowest BCUT2D eigenvalue weighted by molar-refractivity contribution is -0.155. The topological polar surface area (TPSA) is 49.4 Å². The predicted octanol–water partition coefficient (Wildman–Crippen LogP) is 1.59. The van der Waals surface area contributed by atoms with Crippen molar-refractivity contribution in [2.24, 2.45) is 5.92 Å². The van der Waals surface area contributed by atoms with Crippen LogP contribution in [0.2, 0.25) is 0 Å². The van der Waals surface area contributed by atoms with Crippen LogP contribution in [0.1, 0.15) is 25.3 Å². The Hall–Kier alpha value is -1.98. The fourth-order valence-corrected chi connectivity index (χ4v) is 2.95. The van der Waals surface area contributed by atoms with Crippen LogP contribution in [0.4, 0.5) is 8.78 Å². The molecule has 1 aromatic carbocycles. The van der Waals surface area contributed by atoms with Crippen molar-refractivity contribution >= 4 is 11.8 Å². The molecule has 0 radical (unpaired) electrons. The first-order valence-corrected chi connectivity index (χ1v) is 6.95. The molecule has 1 aliphatic heterocycles. The van der Waals surface area contributed by atoms with E-state index in [1.54, 1.807) is 6.92 Å². The molecule has 1 N–H and O–H groups in total. The van der Waals surface area contributed by atoms with E-state index < -0.39 is 17.2 Å². The van der Waals surface area contributed by atoms with Gasteiger partial charge in [-0.05, 0) is 43.9 Å². The zero-order chi connectivity index (χ0) is 15.2. The number of hydrogen-bond acceptors (Lipinski definition) is 2. The van der Waals surface area contributed by atoms with Crippen LogP contribution >= 0.6 is 0 Å².